The summed E-state index contributed by atoms with van der Waals surface area (Å²) < 4.78 is 17.3. The van der Waals surface area contributed by atoms with Crippen molar-refractivity contribution in [2.45, 2.75) is 58.1 Å². The van der Waals surface area contributed by atoms with Crippen molar-refractivity contribution in [2.75, 3.05) is 55.2 Å². The van der Waals surface area contributed by atoms with Gasteiger partial charge in [0.2, 0.25) is 18.6 Å². The normalized spacial score (nSPS) is 16.9. The highest BCUT2D eigenvalue weighted by atomic mass is 16.7. The number of hydrogen-bond acceptors (Lipinski definition) is 9. The molecule has 6 N–H and O–H groups in total. The van der Waals surface area contributed by atoms with E-state index in [-0.39, 0.29) is 73.9 Å². The van der Waals surface area contributed by atoms with Crippen molar-refractivity contribution in [2.24, 2.45) is 5.92 Å². The van der Waals surface area contributed by atoms with Crippen molar-refractivity contribution >= 4 is 46.5 Å². The number of likely N-dealkylation sites (N-methyl/N-ethyl adjacent to an activating group) is 1. The number of carbonyl (C=O) groups excluding carboxylic acids is 4. The summed E-state index contributed by atoms with van der Waals surface area (Å²) in [5.41, 5.74) is 8.06. The fourth-order valence-electron chi connectivity index (χ4n) is 5.89. The largest absolute Gasteiger partial charge is 0.485 e. The lowest BCUT2D eigenvalue weighted by molar-refractivity contribution is -0.116. The molecule has 0 spiro atoms. The first-order valence-corrected chi connectivity index (χ1v) is 17.1. The van der Waals surface area contributed by atoms with Crippen molar-refractivity contribution in [1.29, 1.82) is 0 Å². The van der Waals surface area contributed by atoms with Crippen molar-refractivity contribution in [3.05, 3.63) is 66.2 Å². The average Bonchev–Trinajstić information content (AvgIpc) is 3.58. The molecule has 3 atom stereocenters. The summed E-state index contributed by atoms with van der Waals surface area (Å²) in [4.78, 5) is 55.6. The SMILES string of the molecule is C[C@@H]1CN([C@@H](C)CO)C(=O)c2cccc(NC(=O)CCCCCC(=O)Nc3ccccc3N)c2O[C@H]1CN(C)C(=O)Nc1ccc2c(c1)OCO2. The number of para-hydroxylation sites is 3. The second kappa shape index (κ2) is 16.9. The number of ether oxygens (including phenoxy) is 3. The lowest BCUT2D eigenvalue weighted by Gasteiger charge is -2.38. The van der Waals surface area contributed by atoms with Crippen LogP contribution in [0.25, 0.3) is 0 Å². The average molecular weight is 703 g/mol. The summed E-state index contributed by atoms with van der Waals surface area (Å²) >= 11 is 0. The molecule has 0 aliphatic carbocycles. The number of nitrogens with zero attached hydrogens (tertiary/aromatic N) is 2. The predicted molar refractivity (Wildman–Crippen MR) is 193 cm³/mol. The van der Waals surface area contributed by atoms with Crippen LogP contribution in [0.15, 0.2) is 60.7 Å². The molecule has 14 heteroatoms. The maximum atomic E-state index is 13.8. The molecule has 0 unspecified atom stereocenters. The molecule has 2 aliphatic rings. The smallest absolute Gasteiger partial charge is 0.321 e. The van der Waals surface area contributed by atoms with E-state index in [2.05, 4.69) is 16.0 Å². The van der Waals surface area contributed by atoms with Gasteiger partial charge in [-0.1, -0.05) is 31.5 Å². The van der Waals surface area contributed by atoms with Gasteiger partial charge < -0.3 is 50.8 Å². The van der Waals surface area contributed by atoms with Crippen LogP contribution in [-0.4, -0.2) is 84.3 Å². The van der Waals surface area contributed by atoms with Gasteiger partial charge in [0.15, 0.2) is 17.2 Å². The number of fused-ring (bicyclic) bond motifs is 2. The van der Waals surface area contributed by atoms with Gasteiger partial charge in [0.1, 0.15) is 6.10 Å². The van der Waals surface area contributed by atoms with Crippen LogP contribution in [0.5, 0.6) is 17.2 Å². The van der Waals surface area contributed by atoms with Gasteiger partial charge in [-0.25, -0.2) is 4.79 Å². The summed E-state index contributed by atoms with van der Waals surface area (Å²) in [5, 5.41) is 18.6. The molecule has 0 radical (unpaired) electrons. The fraction of sp³-hybridized carbons (Fsp3) is 0.405. The Kier molecular flexibility index (Phi) is 12.2. The van der Waals surface area contributed by atoms with Crippen molar-refractivity contribution in [3.8, 4) is 17.2 Å². The molecule has 3 aromatic carbocycles. The van der Waals surface area contributed by atoms with E-state index >= 15 is 0 Å². The number of nitrogens with two attached hydrogens (primary N) is 1. The van der Waals surface area contributed by atoms with Crippen LogP contribution < -0.4 is 35.9 Å². The van der Waals surface area contributed by atoms with Gasteiger partial charge >= 0.3 is 6.03 Å². The molecule has 0 fully saturated rings. The molecule has 0 bridgehead atoms. The Morgan fingerprint density at radius 3 is 2.35 bits per heavy atom. The van der Waals surface area contributed by atoms with Crippen LogP contribution in [0, 0.1) is 5.92 Å². The molecule has 3 aromatic rings. The van der Waals surface area contributed by atoms with Gasteiger partial charge in [-0.3, -0.25) is 14.4 Å². The van der Waals surface area contributed by atoms with Crippen molar-refractivity contribution in [3.63, 3.8) is 0 Å². The molecule has 272 valence electrons. The third kappa shape index (κ3) is 9.39. The highest BCUT2D eigenvalue weighted by molar-refractivity contribution is 6.01. The second-order valence-corrected chi connectivity index (χ2v) is 12.9. The predicted octanol–water partition coefficient (Wildman–Crippen LogP) is 4.91. The number of nitrogen functional groups attached to an aromatic ring is 1. The van der Waals surface area contributed by atoms with E-state index < -0.39 is 12.1 Å². The van der Waals surface area contributed by atoms with E-state index in [1.54, 1.807) is 79.5 Å². The van der Waals surface area contributed by atoms with Crippen LogP contribution in [0.2, 0.25) is 0 Å². The Hall–Kier alpha value is -5.50. The third-order valence-corrected chi connectivity index (χ3v) is 8.93. The molecule has 0 aromatic heterocycles. The quantitative estimate of drug-likeness (QED) is 0.122. The summed E-state index contributed by atoms with van der Waals surface area (Å²) in [5.74, 6) is 0.321. The highest BCUT2D eigenvalue weighted by Gasteiger charge is 2.35. The number of aliphatic hydroxyl groups is 1. The van der Waals surface area contributed by atoms with Crippen LogP contribution in [-0.2, 0) is 9.59 Å². The van der Waals surface area contributed by atoms with Crippen molar-refractivity contribution < 1.29 is 38.5 Å². The summed E-state index contributed by atoms with van der Waals surface area (Å²) in [7, 11) is 1.64. The Balaban J connectivity index is 1.23. The minimum atomic E-state index is -0.590. The van der Waals surface area contributed by atoms with Crippen LogP contribution >= 0.6 is 0 Å². The standard InChI is InChI=1S/C37H46N6O8/c1-23-19-43(24(2)21-44)36(47)26-10-9-13-29(41-34(46)15-6-4-5-14-33(45)40-28-12-8-7-11-27(28)38)35(26)51-32(23)20-42(3)37(48)39-25-16-17-30-31(18-25)50-22-49-30/h7-13,16-18,23-24,32,44H,4-6,14-15,19-22,38H2,1-3H3,(H,39,48)(H,40,45)(H,41,46)/t23-,24+,32+/m1/s1. The van der Waals surface area contributed by atoms with E-state index in [4.69, 9.17) is 19.9 Å². The summed E-state index contributed by atoms with van der Waals surface area (Å²) in [6, 6.07) is 16.3. The Morgan fingerprint density at radius 1 is 0.941 bits per heavy atom. The highest BCUT2D eigenvalue weighted by Crippen LogP contribution is 2.36. The Bertz CT molecular complexity index is 1730. The van der Waals surface area contributed by atoms with Gasteiger partial charge in [0, 0.05) is 44.1 Å². The molecular formula is C37H46N6O8. The van der Waals surface area contributed by atoms with Gasteiger partial charge in [-0.2, -0.15) is 0 Å². The maximum Gasteiger partial charge on any atom is 0.321 e. The van der Waals surface area contributed by atoms with E-state index in [0.717, 1.165) is 0 Å². The van der Waals surface area contributed by atoms with E-state index in [1.807, 2.05) is 6.92 Å². The van der Waals surface area contributed by atoms with Crippen LogP contribution in [0.3, 0.4) is 0 Å². The monoisotopic (exact) mass is 702 g/mol. The Morgan fingerprint density at radius 2 is 1.63 bits per heavy atom. The summed E-state index contributed by atoms with van der Waals surface area (Å²) in [6.45, 7) is 3.98. The van der Waals surface area contributed by atoms with E-state index in [1.165, 1.54) is 4.90 Å². The molecule has 5 rings (SSSR count). The molecule has 5 amide bonds. The molecular weight excluding hydrogens is 656 g/mol. The molecule has 14 nitrogen and oxygen atoms in total. The summed E-state index contributed by atoms with van der Waals surface area (Å²) in [6.07, 6.45) is 1.70. The first-order valence-electron chi connectivity index (χ1n) is 17.1. The minimum absolute atomic E-state index is 0.119. The number of unbranched alkanes of at least 4 members (excludes halogenated alkanes) is 2. The molecule has 2 heterocycles. The zero-order valence-corrected chi connectivity index (χ0v) is 29.1. The fourth-order valence-corrected chi connectivity index (χ4v) is 5.89. The van der Waals surface area contributed by atoms with E-state index in [0.29, 0.717) is 59.9 Å². The van der Waals surface area contributed by atoms with Gasteiger partial charge in [-0.05, 0) is 56.2 Å². The number of hydrogen-bond donors (Lipinski definition) is 5. The number of anilines is 4. The molecule has 0 saturated carbocycles. The van der Waals surface area contributed by atoms with Crippen LogP contribution in [0.4, 0.5) is 27.5 Å². The zero-order valence-electron chi connectivity index (χ0n) is 29.1. The molecule has 51 heavy (non-hydrogen) atoms. The number of nitrogens with one attached hydrogen (secondary N) is 3. The number of aliphatic hydroxyl groups excluding tert-OH is 1. The topological polar surface area (TPSA) is 185 Å². The Labute approximate surface area is 297 Å². The lowest BCUT2D eigenvalue weighted by Crippen LogP contribution is -2.50. The zero-order chi connectivity index (χ0) is 36.5. The van der Waals surface area contributed by atoms with Crippen molar-refractivity contribution in [1.82, 2.24) is 9.80 Å². The first kappa shape index (κ1) is 36.8. The third-order valence-electron chi connectivity index (χ3n) is 8.93. The van der Waals surface area contributed by atoms with E-state index in [9.17, 15) is 24.3 Å². The lowest BCUT2D eigenvalue weighted by atomic mass is 9.99. The molecule has 2 aliphatic heterocycles. The number of rotatable bonds is 13. The van der Waals surface area contributed by atoms with Gasteiger partial charge in [-0.15, -0.1) is 0 Å². The number of amides is 5. The first-order chi connectivity index (χ1) is 24.5. The molecule has 0 saturated heterocycles. The van der Waals surface area contributed by atoms with Gasteiger partial charge in [0.25, 0.3) is 5.91 Å². The number of benzene rings is 3. The minimum Gasteiger partial charge on any atom is -0.485 e. The second-order valence-electron chi connectivity index (χ2n) is 12.9. The number of urea groups is 1. The number of carbonyl (C=O) groups is 4. The van der Waals surface area contributed by atoms with Gasteiger partial charge in [0.05, 0.1) is 41.8 Å². The van der Waals surface area contributed by atoms with Crippen LogP contribution in [0.1, 0.15) is 56.3 Å². The maximum absolute atomic E-state index is 13.8.